The van der Waals surface area contributed by atoms with Crippen LogP contribution in [0.5, 0.6) is 5.75 Å². The third kappa shape index (κ3) is 4.31. The molecule has 2 aromatic heterocycles. The zero-order valence-corrected chi connectivity index (χ0v) is 16.2. The van der Waals surface area contributed by atoms with E-state index in [-0.39, 0.29) is 18.2 Å². The van der Waals surface area contributed by atoms with Gasteiger partial charge in [0, 0.05) is 24.8 Å². The monoisotopic (exact) mass is 388 g/mol. The number of hydrogen-bond donors (Lipinski definition) is 0. The van der Waals surface area contributed by atoms with Gasteiger partial charge in [-0.05, 0) is 38.1 Å². The van der Waals surface area contributed by atoms with Gasteiger partial charge in [0.2, 0.25) is 0 Å². The van der Waals surface area contributed by atoms with Crippen molar-refractivity contribution in [2.45, 2.75) is 33.5 Å². The van der Waals surface area contributed by atoms with Gasteiger partial charge in [0.1, 0.15) is 18.1 Å². The Morgan fingerprint density at radius 1 is 1.37 bits per heavy atom. The van der Waals surface area contributed by atoms with Crippen molar-refractivity contribution in [3.63, 3.8) is 0 Å². The predicted molar refractivity (Wildman–Crippen MR) is 101 cm³/mol. The summed E-state index contributed by atoms with van der Waals surface area (Å²) in [6, 6.07) is 8.97. The van der Waals surface area contributed by atoms with Gasteiger partial charge in [0.25, 0.3) is 5.91 Å². The number of carbonyl (C=O) groups is 1. The minimum atomic E-state index is -0.236. The molecule has 1 aromatic carbocycles. The molecule has 142 valence electrons. The van der Waals surface area contributed by atoms with Crippen molar-refractivity contribution in [3.05, 3.63) is 64.3 Å². The van der Waals surface area contributed by atoms with Crippen LogP contribution in [-0.2, 0) is 19.7 Å². The number of aryl methyl sites for hydroxylation is 2. The van der Waals surface area contributed by atoms with E-state index in [2.05, 4.69) is 10.3 Å². The van der Waals surface area contributed by atoms with Crippen molar-refractivity contribution in [2.75, 3.05) is 7.05 Å². The van der Waals surface area contributed by atoms with Crippen LogP contribution < -0.4 is 4.74 Å². The van der Waals surface area contributed by atoms with E-state index in [4.69, 9.17) is 20.9 Å². The molecule has 0 fully saturated rings. The van der Waals surface area contributed by atoms with Crippen molar-refractivity contribution >= 4 is 17.5 Å². The summed E-state index contributed by atoms with van der Waals surface area (Å²) in [7, 11) is 1.72. The maximum absolute atomic E-state index is 12.9. The lowest BCUT2D eigenvalue weighted by Gasteiger charge is -2.17. The molecule has 27 heavy (non-hydrogen) atoms. The second-order valence-electron chi connectivity index (χ2n) is 6.11. The van der Waals surface area contributed by atoms with Crippen LogP contribution in [0.25, 0.3) is 0 Å². The van der Waals surface area contributed by atoms with E-state index in [0.29, 0.717) is 28.6 Å². The minimum absolute atomic E-state index is 0.164. The number of benzene rings is 1. The Kier molecular flexibility index (Phi) is 5.81. The first-order chi connectivity index (χ1) is 13.0. The SMILES string of the molecule is CCn1nccc1CN(C)C(=O)c1noc(C)c1COc1cccc(Cl)c1. The van der Waals surface area contributed by atoms with E-state index in [0.717, 1.165) is 12.2 Å². The smallest absolute Gasteiger partial charge is 0.276 e. The highest BCUT2D eigenvalue weighted by atomic mass is 35.5. The van der Waals surface area contributed by atoms with Crippen molar-refractivity contribution in [1.82, 2.24) is 19.8 Å². The first-order valence-corrected chi connectivity index (χ1v) is 8.97. The van der Waals surface area contributed by atoms with Crippen molar-refractivity contribution in [2.24, 2.45) is 0 Å². The van der Waals surface area contributed by atoms with Gasteiger partial charge < -0.3 is 14.2 Å². The van der Waals surface area contributed by atoms with E-state index >= 15 is 0 Å². The molecule has 0 radical (unpaired) electrons. The molecule has 8 heteroatoms. The number of rotatable bonds is 7. The van der Waals surface area contributed by atoms with E-state index in [1.165, 1.54) is 0 Å². The predicted octanol–water partition coefficient (Wildman–Crippen LogP) is 3.70. The summed E-state index contributed by atoms with van der Waals surface area (Å²) >= 11 is 5.97. The van der Waals surface area contributed by atoms with E-state index in [1.54, 1.807) is 49.3 Å². The summed E-state index contributed by atoms with van der Waals surface area (Å²) < 4.78 is 12.8. The van der Waals surface area contributed by atoms with E-state index < -0.39 is 0 Å². The molecule has 0 unspecified atom stereocenters. The van der Waals surface area contributed by atoms with Gasteiger partial charge in [-0.3, -0.25) is 9.48 Å². The van der Waals surface area contributed by atoms with Crippen LogP contribution in [0.1, 0.15) is 34.4 Å². The molecule has 0 saturated heterocycles. The molecule has 0 spiro atoms. The normalized spacial score (nSPS) is 10.8. The van der Waals surface area contributed by atoms with Gasteiger partial charge in [0.15, 0.2) is 5.69 Å². The van der Waals surface area contributed by atoms with Gasteiger partial charge >= 0.3 is 0 Å². The first-order valence-electron chi connectivity index (χ1n) is 8.59. The number of nitrogens with zero attached hydrogens (tertiary/aromatic N) is 4. The number of amides is 1. The van der Waals surface area contributed by atoms with Crippen LogP contribution in [0, 0.1) is 6.92 Å². The highest BCUT2D eigenvalue weighted by Gasteiger charge is 2.24. The quantitative estimate of drug-likeness (QED) is 0.617. The summed E-state index contributed by atoms with van der Waals surface area (Å²) in [6.07, 6.45) is 1.72. The molecular formula is C19H21ClN4O3. The van der Waals surface area contributed by atoms with E-state index in [9.17, 15) is 4.79 Å². The number of carbonyl (C=O) groups excluding carboxylic acids is 1. The van der Waals surface area contributed by atoms with Gasteiger partial charge in [-0.25, -0.2) is 0 Å². The zero-order valence-electron chi connectivity index (χ0n) is 15.5. The van der Waals surface area contributed by atoms with Crippen molar-refractivity contribution in [1.29, 1.82) is 0 Å². The van der Waals surface area contributed by atoms with Crippen molar-refractivity contribution in [3.8, 4) is 5.75 Å². The molecule has 0 N–H and O–H groups in total. The molecule has 0 atom stereocenters. The third-order valence-corrected chi connectivity index (χ3v) is 4.45. The Labute approximate surface area is 162 Å². The fraction of sp³-hybridized carbons (Fsp3) is 0.316. The highest BCUT2D eigenvalue weighted by molar-refractivity contribution is 6.30. The molecule has 0 aliphatic carbocycles. The average Bonchev–Trinajstić information content (AvgIpc) is 3.25. The Morgan fingerprint density at radius 3 is 2.93 bits per heavy atom. The molecule has 0 aliphatic heterocycles. The van der Waals surface area contributed by atoms with Gasteiger partial charge in [0.05, 0.1) is 17.8 Å². The first kappa shape index (κ1) is 19.0. The van der Waals surface area contributed by atoms with Gasteiger partial charge in [-0.1, -0.05) is 22.8 Å². The number of aromatic nitrogens is 3. The topological polar surface area (TPSA) is 73.4 Å². The summed E-state index contributed by atoms with van der Waals surface area (Å²) in [5.41, 5.74) is 1.82. The molecule has 0 bridgehead atoms. The van der Waals surface area contributed by atoms with Crippen LogP contribution in [0.15, 0.2) is 41.1 Å². The molecular weight excluding hydrogens is 368 g/mol. The lowest BCUT2D eigenvalue weighted by molar-refractivity contribution is 0.0768. The Balaban J connectivity index is 1.73. The summed E-state index contributed by atoms with van der Waals surface area (Å²) in [6.45, 7) is 5.09. The molecule has 3 rings (SSSR count). The van der Waals surface area contributed by atoms with Crippen molar-refractivity contribution < 1.29 is 14.1 Å². The summed E-state index contributed by atoms with van der Waals surface area (Å²) in [5, 5.41) is 8.75. The lowest BCUT2D eigenvalue weighted by Crippen LogP contribution is -2.28. The fourth-order valence-electron chi connectivity index (χ4n) is 2.72. The highest BCUT2D eigenvalue weighted by Crippen LogP contribution is 2.21. The Morgan fingerprint density at radius 2 is 2.19 bits per heavy atom. The molecule has 0 aliphatic rings. The Hall–Kier alpha value is -2.80. The summed E-state index contributed by atoms with van der Waals surface area (Å²) in [5.74, 6) is 0.925. The van der Waals surface area contributed by atoms with Crippen LogP contribution in [0.3, 0.4) is 0 Å². The standard InChI is InChI=1S/C19H21ClN4O3/c1-4-24-15(8-9-21-24)11-23(3)19(25)18-17(13(2)27-22-18)12-26-16-7-5-6-14(20)10-16/h5-10H,4,11-12H2,1-3H3. The lowest BCUT2D eigenvalue weighted by atomic mass is 10.2. The maximum atomic E-state index is 12.9. The third-order valence-electron chi connectivity index (χ3n) is 4.22. The van der Waals surface area contributed by atoms with Crippen LogP contribution in [-0.4, -0.2) is 32.8 Å². The van der Waals surface area contributed by atoms with Crippen LogP contribution in [0.4, 0.5) is 0 Å². The molecule has 0 saturated carbocycles. The average molecular weight is 389 g/mol. The van der Waals surface area contributed by atoms with Gasteiger partial charge in [-0.15, -0.1) is 0 Å². The van der Waals surface area contributed by atoms with Gasteiger partial charge in [-0.2, -0.15) is 5.10 Å². The van der Waals surface area contributed by atoms with E-state index in [1.807, 2.05) is 17.7 Å². The number of halogens is 1. The maximum Gasteiger partial charge on any atom is 0.276 e. The molecule has 2 heterocycles. The second-order valence-corrected chi connectivity index (χ2v) is 6.55. The van der Waals surface area contributed by atoms with Crippen LogP contribution in [0.2, 0.25) is 5.02 Å². The Bertz CT molecular complexity index is 935. The molecule has 3 aromatic rings. The largest absolute Gasteiger partial charge is 0.489 e. The van der Waals surface area contributed by atoms with Crippen LogP contribution >= 0.6 is 11.6 Å². The number of hydrogen-bond acceptors (Lipinski definition) is 5. The zero-order chi connectivity index (χ0) is 19.4. The second kappa shape index (κ2) is 8.26. The minimum Gasteiger partial charge on any atom is -0.489 e. The molecule has 1 amide bonds. The number of ether oxygens (including phenoxy) is 1. The summed E-state index contributed by atoms with van der Waals surface area (Å²) in [4.78, 5) is 14.5. The fourth-order valence-corrected chi connectivity index (χ4v) is 2.90. The molecule has 7 nitrogen and oxygen atoms in total.